The summed E-state index contributed by atoms with van der Waals surface area (Å²) in [5.74, 6) is 3.11. The number of para-hydroxylation sites is 1. The normalized spacial score (nSPS) is 11.6. The lowest BCUT2D eigenvalue weighted by Gasteiger charge is -2.11. The molecule has 4 aromatic carbocycles. The first-order valence-electron chi connectivity index (χ1n) is 15.9. The molecule has 7 rings (SSSR count). The van der Waals surface area contributed by atoms with E-state index >= 15 is 0 Å². The van der Waals surface area contributed by atoms with E-state index in [-0.39, 0.29) is 0 Å². The first-order valence-corrected chi connectivity index (χ1v) is 15.9. The van der Waals surface area contributed by atoms with Crippen LogP contribution in [-0.2, 0) is 12.8 Å². The molecule has 0 bridgehead atoms. The molecule has 0 radical (unpaired) electrons. The molecule has 3 heterocycles. The lowest BCUT2D eigenvalue weighted by atomic mass is 9.96. The topological polar surface area (TPSA) is 44.9 Å². The van der Waals surface area contributed by atoms with Crippen LogP contribution in [0.1, 0.15) is 43.9 Å². The second-order valence-electron chi connectivity index (χ2n) is 12.2. The van der Waals surface area contributed by atoms with E-state index < -0.39 is 0 Å². The first-order chi connectivity index (χ1) is 22.0. The van der Waals surface area contributed by atoms with Crippen LogP contribution in [0.5, 0.6) is 11.5 Å². The predicted octanol–water partition coefficient (Wildman–Crippen LogP) is 10.3. The zero-order valence-corrected chi connectivity index (χ0v) is 26.4. The van der Waals surface area contributed by atoms with Crippen molar-refractivity contribution in [1.29, 1.82) is 0 Å². The fourth-order valence-electron chi connectivity index (χ4n) is 6.31. The lowest BCUT2D eigenvalue weighted by Crippen LogP contribution is -2.00. The van der Waals surface area contributed by atoms with Crippen LogP contribution < -0.4 is 4.74 Å². The van der Waals surface area contributed by atoms with Crippen LogP contribution in [-0.4, -0.2) is 19.3 Å². The van der Waals surface area contributed by atoms with Crippen molar-refractivity contribution in [2.45, 2.75) is 47.0 Å². The van der Waals surface area contributed by atoms with Crippen molar-refractivity contribution < 1.29 is 4.74 Å². The van der Waals surface area contributed by atoms with Crippen molar-refractivity contribution >= 4 is 21.8 Å². The van der Waals surface area contributed by atoms with Gasteiger partial charge in [-0.1, -0.05) is 63.2 Å². The standard InChI is InChI=1S/C40H38N4O/c1-5-30-11-8-10-28(4)40(30)31-25-42-43(26-31)32-12-9-13-33(23-32)45-34-18-19-36-35-14-6-7-15-37(35)44(38(36)24-34)39-22-29(20-21-41-39)17-16-27(2)3/h6-15,18-27H,5,16-17H2,1-4H3. The van der Waals surface area contributed by atoms with E-state index in [2.05, 4.69) is 117 Å². The van der Waals surface area contributed by atoms with Gasteiger partial charge in [0, 0.05) is 40.9 Å². The molecule has 0 aliphatic heterocycles. The Morgan fingerprint density at radius 3 is 2.49 bits per heavy atom. The Morgan fingerprint density at radius 2 is 1.62 bits per heavy atom. The molecule has 0 saturated heterocycles. The third kappa shape index (κ3) is 5.62. The summed E-state index contributed by atoms with van der Waals surface area (Å²) in [7, 11) is 0. The molecule has 45 heavy (non-hydrogen) atoms. The van der Waals surface area contributed by atoms with Crippen LogP contribution in [0.2, 0.25) is 0 Å². The highest BCUT2D eigenvalue weighted by Gasteiger charge is 2.15. The third-order valence-corrected chi connectivity index (χ3v) is 8.62. The maximum absolute atomic E-state index is 6.50. The highest BCUT2D eigenvalue weighted by molar-refractivity contribution is 6.09. The minimum atomic E-state index is 0.658. The van der Waals surface area contributed by atoms with Gasteiger partial charge in [0.2, 0.25) is 0 Å². The van der Waals surface area contributed by atoms with Gasteiger partial charge in [-0.05, 0) is 96.8 Å². The number of ether oxygens (including phenoxy) is 1. The van der Waals surface area contributed by atoms with Crippen LogP contribution in [0.3, 0.4) is 0 Å². The maximum Gasteiger partial charge on any atom is 0.137 e. The summed E-state index contributed by atoms with van der Waals surface area (Å²) in [6.45, 7) is 8.90. The first kappa shape index (κ1) is 28.6. The van der Waals surface area contributed by atoms with E-state index in [1.807, 2.05) is 35.3 Å². The van der Waals surface area contributed by atoms with Crippen molar-refractivity contribution in [1.82, 2.24) is 19.3 Å². The Bertz CT molecular complexity index is 2130. The zero-order chi connectivity index (χ0) is 30.9. The molecule has 7 aromatic rings. The number of rotatable bonds is 9. The van der Waals surface area contributed by atoms with E-state index in [4.69, 9.17) is 14.8 Å². The molecule has 0 spiro atoms. The van der Waals surface area contributed by atoms with Gasteiger partial charge in [0.15, 0.2) is 0 Å². The molecule has 224 valence electrons. The van der Waals surface area contributed by atoms with Gasteiger partial charge < -0.3 is 4.74 Å². The van der Waals surface area contributed by atoms with Crippen LogP contribution >= 0.6 is 0 Å². The zero-order valence-electron chi connectivity index (χ0n) is 26.4. The minimum absolute atomic E-state index is 0.658. The molecule has 0 aliphatic carbocycles. The second kappa shape index (κ2) is 12.1. The Hall–Kier alpha value is -5.16. The average Bonchev–Trinajstić information content (AvgIpc) is 3.67. The lowest BCUT2D eigenvalue weighted by molar-refractivity contribution is 0.483. The molecule has 5 heteroatoms. The van der Waals surface area contributed by atoms with Gasteiger partial charge in [-0.15, -0.1) is 0 Å². The maximum atomic E-state index is 6.50. The number of aromatic nitrogens is 4. The average molecular weight is 591 g/mol. The van der Waals surface area contributed by atoms with Gasteiger partial charge in [0.25, 0.3) is 0 Å². The number of hydrogen-bond acceptors (Lipinski definition) is 3. The molecular weight excluding hydrogens is 552 g/mol. The van der Waals surface area contributed by atoms with Gasteiger partial charge in [-0.2, -0.15) is 5.10 Å². The quantitative estimate of drug-likeness (QED) is 0.168. The molecule has 5 nitrogen and oxygen atoms in total. The van der Waals surface area contributed by atoms with Gasteiger partial charge in [-0.25, -0.2) is 9.67 Å². The smallest absolute Gasteiger partial charge is 0.137 e. The summed E-state index contributed by atoms with van der Waals surface area (Å²) in [4.78, 5) is 4.82. The van der Waals surface area contributed by atoms with Crippen molar-refractivity contribution in [2.75, 3.05) is 0 Å². The molecule has 3 aromatic heterocycles. The van der Waals surface area contributed by atoms with Crippen LogP contribution in [0, 0.1) is 12.8 Å². The van der Waals surface area contributed by atoms with Crippen molar-refractivity contribution in [3.63, 3.8) is 0 Å². The number of pyridine rings is 1. The highest BCUT2D eigenvalue weighted by Crippen LogP contribution is 2.35. The van der Waals surface area contributed by atoms with E-state index in [0.717, 1.165) is 58.9 Å². The van der Waals surface area contributed by atoms with Crippen molar-refractivity contribution in [3.8, 4) is 34.1 Å². The Balaban J connectivity index is 1.23. The molecule has 0 amide bonds. The molecule has 0 atom stereocenters. The molecule has 0 aliphatic rings. The number of aryl methyl sites for hydroxylation is 3. The van der Waals surface area contributed by atoms with E-state index in [1.54, 1.807) is 0 Å². The van der Waals surface area contributed by atoms with Crippen LogP contribution in [0.15, 0.2) is 116 Å². The van der Waals surface area contributed by atoms with Crippen LogP contribution in [0.25, 0.3) is 44.4 Å². The van der Waals surface area contributed by atoms with Gasteiger partial charge in [0.05, 0.1) is 22.9 Å². The molecule has 0 N–H and O–H groups in total. The predicted molar refractivity (Wildman–Crippen MR) is 185 cm³/mol. The largest absolute Gasteiger partial charge is 0.457 e. The van der Waals surface area contributed by atoms with E-state index in [0.29, 0.717) is 5.92 Å². The summed E-state index contributed by atoms with van der Waals surface area (Å²) in [5, 5.41) is 7.09. The molecule has 0 fully saturated rings. The summed E-state index contributed by atoms with van der Waals surface area (Å²) in [6.07, 6.45) is 9.16. The number of benzene rings is 4. The summed E-state index contributed by atoms with van der Waals surface area (Å²) in [5.41, 5.74) is 9.43. The minimum Gasteiger partial charge on any atom is -0.457 e. The molecular formula is C40H38N4O. The van der Waals surface area contributed by atoms with Gasteiger partial charge in [-0.3, -0.25) is 4.57 Å². The SMILES string of the molecule is CCc1cccc(C)c1-c1cnn(-c2cccc(Oc3ccc4c5ccccc5n(-c5cc(CCC(C)C)ccn5)c4c3)c2)c1. The Labute approximate surface area is 264 Å². The summed E-state index contributed by atoms with van der Waals surface area (Å²) in [6, 6.07) is 33.8. The number of hydrogen-bond donors (Lipinski definition) is 0. The number of fused-ring (bicyclic) bond motifs is 3. The van der Waals surface area contributed by atoms with Crippen molar-refractivity contribution in [2.24, 2.45) is 5.92 Å². The second-order valence-corrected chi connectivity index (χ2v) is 12.2. The fourth-order valence-corrected chi connectivity index (χ4v) is 6.31. The van der Waals surface area contributed by atoms with Crippen molar-refractivity contribution in [3.05, 3.63) is 132 Å². The molecule has 0 saturated carbocycles. The Kier molecular flexibility index (Phi) is 7.68. The van der Waals surface area contributed by atoms with Crippen LogP contribution in [0.4, 0.5) is 0 Å². The Morgan fingerprint density at radius 1 is 0.800 bits per heavy atom. The molecule has 0 unspecified atom stereocenters. The number of nitrogens with zero attached hydrogens (tertiary/aromatic N) is 4. The third-order valence-electron chi connectivity index (χ3n) is 8.62. The van der Waals surface area contributed by atoms with Gasteiger partial charge in [0.1, 0.15) is 17.3 Å². The monoisotopic (exact) mass is 590 g/mol. The van der Waals surface area contributed by atoms with E-state index in [9.17, 15) is 0 Å². The van der Waals surface area contributed by atoms with E-state index in [1.165, 1.54) is 33.0 Å². The summed E-state index contributed by atoms with van der Waals surface area (Å²) >= 11 is 0. The summed E-state index contributed by atoms with van der Waals surface area (Å²) < 4.78 is 10.7. The van der Waals surface area contributed by atoms with Gasteiger partial charge >= 0.3 is 0 Å². The highest BCUT2D eigenvalue weighted by atomic mass is 16.5. The fraction of sp³-hybridized carbons (Fsp3) is 0.200.